The molecule has 1 nitrogen and oxygen atoms in total. The van der Waals surface area contributed by atoms with E-state index in [0.717, 1.165) is 17.7 Å². The van der Waals surface area contributed by atoms with Crippen molar-refractivity contribution in [3.63, 3.8) is 0 Å². The van der Waals surface area contributed by atoms with Crippen LogP contribution in [0.1, 0.15) is 27.0 Å². The number of carbonyl (C=O) groups is 1. The number of rotatable bonds is 3. The molecule has 0 saturated heterocycles. The summed E-state index contributed by atoms with van der Waals surface area (Å²) in [4.78, 5) is 12.1. The van der Waals surface area contributed by atoms with Crippen molar-refractivity contribution in [2.45, 2.75) is 19.5 Å². The van der Waals surface area contributed by atoms with Crippen LogP contribution in [0.25, 0.3) is 0 Å². The summed E-state index contributed by atoms with van der Waals surface area (Å²) < 4.78 is 37.9. The zero-order chi connectivity index (χ0) is 15.6. The van der Waals surface area contributed by atoms with Gasteiger partial charge in [-0.05, 0) is 30.2 Å². The lowest BCUT2D eigenvalue weighted by atomic mass is 10.0. The number of halogens is 4. The summed E-state index contributed by atoms with van der Waals surface area (Å²) in [6, 6.07) is 9.65. The molecule has 0 heterocycles. The summed E-state index contributed by atoms with van der Waals surface area (Å²) in [5.74, 6) is -0.267. The molecule has 0 spiro atoms. The van der Waals surface area contributed by atoms with E-state index in [2.05, 4.69) is 0 Å². The molecule has 0 aromatic heterocycles. The minimum Gasteiger partial charge on any atom is -0.294 e. The Morgan fingerprint density at radius 2 is 1.86 bits per heavy atom. The number of hydrogen-bond acceptors (Lipinski definition) is 1. The Morgan fingerprint density at radius 3 is 2.48 bits per heavy atom. The Labute approximate surface area is 125 Å². The van der Waals surface area contributed by atoms with E-state index >= 15 is 0 Å². The van der Waals surface area contributed by atoms with Gasteiger partial charge in [-0.1, -0.05) is 41.9 Å². The van der Waals surface area contributed by atoms with Gasteiger partial charge >= 0.3 is 6.18 Å². The largest absolute Gasteiger partial charge is 0.416 e. The molecule has 0 bridgehead atoms. The van der Waals surface area contributed by atoms with Gasteiger partial charge < -0.3 is 0 Å². The predicted octanol–water partition coefficient (Wildman–Crippen LogP) is 5.09. The number of Topliss-reactive ketones (excluding diaryl/α,β-unsaturated/α-hetero) is 1. The maximum atomic E-state index is 12.6. The lowest BCUT2D eigenvalue weighted by molar-refractivity contribution is -0.137. The molecule has 0 saturated carbocycles. The molecule has 0 aliphatic rings. The minimum atomic E-state index is -4.41. The first-order valence-corrected chi connectivity index (χ1v) is 6.60. The minimum absolute atomic E-state index is 0.0939. The van der Waals surface area contributed by atoms with E-state index in [1.165, 1.54) is 18.2 Å². The standard InChI is InChI=1S/C16H12ClF3O/c1-10-5-6-12(9-14(10)17)15(21)8-11-3-2-4-13(7-11)16(18,19)20/h2-7,9H,8H2,1H3. The number of hydrogen-bond donors (Lipinski definition) is 0. The highest BCUT2D eigenvalue weighted by molar-refractivity contribution is 6.31. The van der Waals surface area contributed by atoms with Gasteiger partial charge in [-0.3, -0.25) is 4.79 Å². The molecule has 0 fully saturated rings. The normalized spacial score (nSPS) is 11.5. The van der Waals surface area contributed by atoms with Gasteiger partial charge in [-0.2, -0.15) is 13.2 Å². The summed E-state index contributed by atoms with van der Waals surface area (Å²) in [5.41, 5.74) is 0.802. The van der Waals surface area contributed by atoms with Crippen molar-refractivity contribution in [2.75, 3.05) is 0 Å². The molecule has 2 aromatic rings. The van der Waals surface area contributed by atoms with Crippen molar-refractivity contribution in [3.05, 3.63) is 69.7 Å². The van der Waals surface area contributed by atoms with Gasteiger partial charge in [0.1, 0.15) is 0 Å². The van der Waals surface area contributed by atoms with Gasteiger partial charge in [0.05, 0.1) is 5.56 Å². The Kier molecular flexibility index (Phi) is 4.37. The smallest absolute Gasteiger partial charge is 0.294 e. The lowest BCUT2D eigenvalue weighted by Crippen LogP contribution is -2.08. The molecule has 0 aliphatic carbocycles. The van der Waals surface area contributed by atoms with Crippen LogP contribution in [0, 0.1) is 6.92 Å². The number of carbonyl (C=O) groups excluding carboxylic acids is 1. The van der Waals surface area contributed by atoms with Crippen molar-refractivity contribution in [3.8, 4) is 0 Å². The lowest BCUT2D eigenvalue weighted by Gasteiger charge is -2.09. The van der Waals surface area contributed by atoms with Crippen molar-refractivity contribution < 1.29 is 18.0 Å². The van der Waals surface area contributed by atoms with Gasteiger partial charge in [0.25, 0.3) is 0 Å². The van der Waals surface area contributed by atoms with E-state index < -0.39 is 11.7 Å². The Balaban J connectivity index is 2.21. The van der Waals surface area contributed by atoms with E-state index in [-0.39, 0.29) is 12.2 Å². The van der Waals surface area contributed by atoms with Crippen LogP contribution in [-0.2, 0) is 12.6 Å². The highest BCUT2D eigenvalue weighted by Crippen LogP contribution is 2.29. The average Bonchev–Trinajstić information content (AvgIpc) is 2.41. The highest BCUT2D eigenvalue weighted by Gasteiger charge is 2.30. The van der Waals surface area contributed by atoms with Gasteiger partial charge in [0.15, 0.2) is 5.78 Å². The van der Waals surface area contributed by atoms with Gasteiger partial charge in [0, 0.05) is 17.0 Å². The SMILES string of the molecule is Cc1ccc(C(=O)Cc2cccc(C(F)(F)F)c2)cc1Cl. The third kappa shape index (κ3) is 3.85. The van der Waals surface area contributed by atoms with Crippen LogP contribution in [0.15, 0.2) is 42.5 Å². The summed E-state index contributed by atoms with van der Waals surface area (Å²) >= 11 is 5.94. The molecule has 0 aliphatic heterocycles. The molecule has 0 unspecified atom stereocenters. The van der Waals surface area contributed by atoms with Crippen LogP contribution in [0.2, 0.25) is 5.02 Å². The van der Waals surface area contributed by atoms with E-state index in [9.17, 15) is 18.0 Å². The highest BCUT2D eigenvalue weighted by atomic mass is 35.5. The fourth-order valence-corrected chi connectivity index (χ4v) is 2.09. The third-order valence-corrected chi connectivity index (χ3v) is 3.52. The average molecular weight is 313 g/mol. The molecule has 0 N–H and O–H groups in total. The maximum Gasteiger partial charge on any atom is 0.416 e. The quantitative estimate of drug-likeness (QED) is 0.721. The van der Waals surface area contributed by atoms with Gasteiger partial charge in [0.2, 0.25) is 0 Å². The van der Waals surface area contributed by atoms with Crippen molar-refractivity contribution in [1.82, 2.24) is 0 Å². The van der Waals surface area contributed by atoms with Crippen LogP contribution in [-0.4, -0.2) is 5.78 Å². The Morgan fingerprint density at radius 1 is 1.14 bits per heavy atom. The predicted molar refractivity (Wildman–Crippen MR) is 75.7 cm³/mol. The number of benzene rings is 2. The summed E-state index contributed by atoms with van der Waals surface area (Å²) in [5, 5.41) is 0.463. The van der Waals surface area contributed by atoms with E-state index in [1.807, 2.05) is 6.92 Å². The topological polar surface area (TPSA) is 17.1 Å². The van der Waals surface area contributed by atoms with Crippen LogP contribution in [0.5, 0.6) is 0 Å². The summed E-state index contributed by atoms with van der Waals surface area (Å²) in [6.45, 7) is 1.81. The van der Waals surface area contributed by atoms with Gasteiger partial charge in [-0.25, -0.2) is 0 Å². The molecule has 110 valence electrons. The van der Waals surface area contributed by atoms with E-state index in [0.29, 0.717) is 16.1 Å². The molecular formula is C16H12ClF3O. The summed E-state index contributed by atoms with van der Waals surface area (Å²) in [6.07, 6.45) is -4.50. The molecule has 2 rings (SSSR count). The second kappa shape index (κ2) is 5.90. The van der Waals surface area contributed by atoms with Crippen LogP contribution >= 0.6 is 11.6 Å². The Hall–Kier alpha value is -1.81. The fraction of sp³-hybridized carbons (Fsp3) is 0.188. The van der Waals surface area contributed by atoms with Crippen molar-refractivity contribution in [1.29, 1.82) is 0 Å². The molecule has 2 aromatic carbocycles. The van der Waals surface area contributed by atoms with Gasteiger partial charge in [-0.15, -0.1) is 0 Å². The van der Waals surface area contributed by atoms with E-state index in [1.54, 1.807) is 12.1 Å². The zero-order valence-corrected chi connectivity index (χ0v) is 11.9. The van der Waals surface area contributed by atoms with E-state index in [4.69, 9.17) is 11.6 Å². The molecule has 21 heavy (non-hydrogen) atoms. The molecular weight excluding hydrogens is 301 g/mol. The van der Waals surface area contributed by atoms with Crippen LogP contribution < -0.4 is 0 Å². The first kappa shape index (κ1) is 15.6. The van der Waals surface area contributed by atoms with Crippen molar-refractivity contribution >= 4 is 17.4 Å². The molecule has 0 amide bonds. The molecule has 0 radical (unpaired) electrons. The fourth-order valence-electron chi connectivity index (χ4n) is 1.91. The third-order valence-electron chi connectivity index (χ3n) is 3.11. The number of alkyl halides is 3. The summed E-state index contributed by atoms with van der Waals surface area (Å²) in [7, 11) is 0. The zero-order valence-electron chi connectivity index (χ0n) is 11.2. The number of aryl methyl sites for hydroxylation is 1. The Bertz CT molecular complexity index is 677. The number of ketones is 1. The first-order valence-electron chi connectivity index (χ1n) is 6.23. The monoisotopic (exact) mass is 312 g/mol. The second-order valence-corrected chi connectivity index (χ2v) is 5.17. The van der Waals surface area contributed by atoms with Crippen LogP contribution in [0.3, 0.4) is 0 Å². The first-order chi connectivity index (χ1) is 9.77. The van der Waals surface area contributed by atoms with Crippen LogP contribution in [0.4, 0.5) is 13.2 Å². The second-order valence-electron chi connectivity index (χ2n) is 4.76. The maximum absolute atomic E-state index is 12.6. The molecule has 0 atom stereocenters. The molecule has 5 heteroatoms. The van der Waals surface area contributed by atoms with Crippen molar-refractivity contribution in [2.24, 2.45) is 0 Å².